The molecule has 1 aromatic rings. The summed E-state index contributed by atoms with van der Waals surface area (Å²) in [5, 5.41) is 4.31. The fourth-order valence-electron chi connectivity index (χ4n) is 3.85. The molecule has 6 heteroatoms. The predicted molar refractivity (Wildman–Crippen MR) is 86.5 cm³/mol. The van der Waals surface area contributed by atoms with Gasteiger partial charge in [0.05, 0.1) is 16.4 Å². The Morgan fingerprint density at radius 1 is 1.41 bits per heavy atom. The highest BCUT2D eigenvalue weighted by Gasteiger charge is 2.41. The van der Waals surface area contributed by atoms with Gasteiger partial charge in [-0.05, 0) is 42.6 Å². The fraction of sp³-hybridized carbons (Fsp3) is 0.688. The van der Waals surface area contributed by atoms with Crippen molar-refractivity contribution in [3.8, 4) is 0 Å². The number of likely N-dealkylation sites (tertiary alicyclic amines) is 1. The Morgan fingerprint density at radius 2 is 2.14 bits per heavy atom. The lowest BCUT2D eigenvalue weighted by Gasteiger charge is -2.44. The lowest BCUT2D eigenvalue weighted by Crippen LogP contribution is -2.54. The minimum atomic E-state index is -0.331. The highest BCUT2D eigenvalue weighted by atomic mass is 79.9. The van der Waals surface area contributed by atoms with Crippen LogP contribution in [0.2, 0.25) is 0 Å². The van der Waals surface area contributed by atoms with Crippen LogP contribution in [0.5, 0.6) is 0 Å². The Kier molecular flexibility index (Phi) is 4.39. The number of amides is 1. The zero-order chi connectivity index (χ0) is 15.9. The van der Waals surface area contributed by atoms with Crippen molar-refractivity contribution in [3.05, 3.63) is 16.4 Å². The number of Topliss-reactive ketones (excluding diaryl/α,β-unsaturated/α-hetero) is 1. The molecule has 2 heterocycles. The van der Waals surface area contributed by atoms with Gasteiger partial charge in [0.1, 0.15) is 11.8 Å². The maximum absolute atomic E-state index is 13.0. The number of fused-ring (bicyclic) bond motifs is 1. The van der Waals surface area contributed by atoms with E-state index in [1.807, 2.05) is 18.7 Å². The number of carbonyl (C=O) groups excluding carboxylic acids is 2. The molecule has 0 spiro atoms. The molecule has 0 bridgehead atoms. The third-order valence-electron chi connectivity index (χ3n) is 5.13. The van der Waals surface area contributed by atoms with Gasteiger partial charge in [-0.3, -0.25) is 14.3 Å². The molecule has 1 aliphatic heterocycles. The quantitative estimate of drug-likeness (QED) is 0.807. The standard InChI is InChI=1S/C16H22BrN3O2/c1-10-13(17)9-18-20(10)11(2)16(22)19-8-7-15(21)12-5-3-4-6-14(12)19/h9,11-12,14H,3-8H2,1-2H3/t11-,12+,14-/m1/s1. The number of carbonyl (C=O) groups is 2. The number of aromatic nitrogens is 2. The van der Waals surface area contributed by atoms with Gasteiger partial charge in [0.25, 0.3) is 0 Å². The van der Waals surface area contributed by atoms with E-state index < -0.39 is 0 Å². The Bertz CT molecular complexity index is 598. The first-order valence-electron chi connectivity index (χ1n) is 8.03. The number of hydrogen-bond donors (Lipinski definition) is 0. The second kappa shape index (κ2) is 6.14. The van der Waals surface area contributed by atoms with Gasteiger partial charge in [-0.25, -0.2) is 0 Å². The lowest BCUT2D eigenvalue weighted by molar-refractivity contribution is -0.145. The summed E-state index contributed by atoms with van der Waals surface area (Å²) in [7, 11) is 0. The highest BCUT2D eigenvalue weighted by molar-refractivity contribution is 9.10. The van der Waals surface area contributed by atoms with Crippen LogP contribution in [-0.2, 0) is 9.59 Å². The maximum Gasteiger partial charge on any atom is 0.247 e. The molecule has 0 N–H and O–H groups in total. The molecule has 1 aliphatic carbocycles. The number of halogens is 1. The topological polar surface area (TPSA) is 55.2 Å². The zero-order valence-electron chi connectivity index (χ0n) is 13.1. The molecule has 0 unspecified atom stereocenters. The zero-order valence-corrected chi connectivity index (χ0v) is 14.7. The predicted octanol–water partition coefficient (Wildman–Crippen LogP) is 2.88. The molecule has 1 amide bonds. The molecular formula is C16H22BrN3O2. The number of nitrogens with zero attached hydrogens (tertiary/aromatic N) is 3. The molecule has 2 aliphatic rings. The molecule has 5 nitrogen and oxygen atoms in total. The molecule has 3 atom stereocenters. The maximum atomic E-state index is 13.0. The van der Waals surface area contributed by atoms with Gasteiger partial charge in [0.15, 0.2) is 0 Å². The van der Waals surface area contributed by atoms with Crippen molar-refractivity contribution in [2.75, 3.05) is 6.54 Å². The van der Waals surface area contributed by atoms with Gasteiger partial charge in [-0.1, -0.05) is 12.8 Å². The van der Waals surface area contributed by atoms with Crippen molar-refractivity contribution in [2.45, 2.75) is 58.0 Å². The van der Waals surface area contributed by atoms with Gasteiger partial charge < -0.3 is 4.90 Å². The average molecular weight is 368 g/mol. The minimum Gasteiger partial charge on any atom is -0.337 e. The van der Waals surface area contributed by atoms with Crippen molar-refractivity contribution < 1.29 is 9.59 Å². The summed E-state index contributed by atoms with van der Waals surface area (Å²) >= 11 is 3.44. The van der Waals surface area contributed by atoms with Crippen LogP contribution < -0.4 is 0 Å². The van der Waals surface area contributed by atoms with Crippen LogP contribution in [0.1, 0.15) is 50.8 Å². The monoisotopic (exact) mass is 367 g/mol. The van der Waals surface area contributed by atoms with E-state index in [1.165, 1.54) is 0 Å². The van der Waals surface area contributed by atoms with Crippen LogP contribution >= 0.6 is 15.9 Å². The Hall–Kier alpha value is -1.17. The Labute approximate surface area is 139 Å². The summed E-state index contributed by atoms with van der Waals surface area (Å²) in [4.78, 5) is 27.0. The van der Waals surface area contributed by atoms with Crippen molar-refractivity contribution >= 4 is 27.6 Å². The largest absolute Gasteiger partial charge is 0.337 e. The third-order valence-corrected chi connectivity index (χ3v) is 5.91. The molecule has 2 fully saturated rings. The first kappa shape index (κ1) is 15.7. The van der Waals surface area contributed by atoms with Gasteiger partial charge in [0, 0.05) is 24.9 Å². The van der Waals surface area contributed by atoms with E-state index in [4.69, 9.17) is 0 Å². The van der Waals surface area contributed by atoms with E-state index in [1.54, 1.807) is 10.9 Å². The molecule has 120 valence electrons. The van der Waals surface area contributed by atoms with Crippen LogP contribution in [0, 0.1) is 12.8 Å². The summed E-state index contributed by atoms with van der Waals surface area (Å²) < 4.78 is 2.68. The normalized spacial score (nSPS) is 26.7. The molecule has 0 aromatic carbocycles. The molecule has 1 aromatic heterocycles. The van der Waals surface area contributed by atoms with E-state index in [9.17, 15) is 9.59 Å². The first-order valence-corrected chi connectivity index (χ1v) is 8.83. The van der Waals surface area contributed by atoms with Crippen LogP contribution in [0.4, 0.5) is 0 Å². The van der Waals surface area contributed by atoms with Crippen LogP contribution in [0.25, 0.3) is 0 Å². The van der Waals surface area contributed by atoms with Gasteiger partial charge in [-0.15, -0.1) is 0 Å². The van der Waals surface area contributed by atoms with E-state index in [2.05, 4.69) is 21.0 Å². The fourth-order valence-corrected chi connectivity index (χ4v) is 4.13. The summed E-state index contributed by atoms with van der Waals surface area (Å²) in [5.41, 5.74) is 0.953. The Morgan fingerprint density at radius 3 is 2.82 bits per heavy atom. The molecular weight excluding hydrogens is 346 g/mol. The van der Waals surface area contributed by atoms with Crippen LogP contribution in [-0.4, -0.2) is 39.0 Å². The average Bonchev–Trinajstić information content (AvgIpc) is 2.86. The minimum absolute atomic E-state index is 0.0594. The van der Waals surface area contributed by atoms with Crippen molar-refractivity contribution in [1.82, 2.24) is 14.7 Å². The number of piperidine rings is 1. The number of hydrogen-bond acceptors (Lipinski definition) is 3. The summed E-state index contributed by atoms with van der Waals surface area (Å²) in [6.07, 6.45) is 6.34. The first-order chi connectivity index (χ1) is 10.5. The van der Waals surface area contributed by atoms with Gasteiger partial charge in [0.2, 0.25) is 5.91 Å². The molecule has 3 rings (SSSR count). The highest BCUT2D eigenvalue weighted by Crippen LogP contribution is 2.34. The third kappa shape index (κ3) is 2.62. The van der Waals surface area contributed by atoms with E-state index in [0.717, 1.165) is 35.8 Å². The van der Waals surface area contributed by atoms with Crippen molar-refractivity contribution in [3.63, 3.8) is 0 Å². The lowest BCUT2D eigenvalue weighted by atomic mass is 9.77. The van der Waals surface area contributed by atoms with E-state index >= 15 is 0 Å². The molecule has 1 saturated carbocycles. The SMILES string of the molecule is Cc1c(Br)cnn1[C@H](C)C(=O)N1CCC(=O)[C@H]2CCCC[C@H]21. The van der Waals surface area contributed by atoms with Gasteiger partial charge >= 0.3 is 0 Å². The van der Waals surface area contributed by atoms with E-state index in [-0.39, 0.29) is 23.9 Å². The van der Waals surface area contributed by atoms with Crippen LogP contribution in [0.15, 0.2) is 10.7 Å². The second-order valence-electron chi connectivity index (χ2n) is 6.40. The number of rotatable bonds is 2. The van der Waals surface area contributed by atoms with Crippen LogP contribution in [0.3, 0.4) is 0 Å². The van der Waals surface area contributed by atoms with E-state index in [0.29, 0.717) is 18.7 Å². The molecule has 1 saturated heterocycles. The second-order valence-corrected chi connectivity index (χ2v) is 7.26. The Balaban J connectivity index is 1.81. The van der Waals surface area contributed by atoms with Crippen molar-refractivity contribution in [2.24, 2.45) is 5.92 Å². The summed E-state index contributed by atoms with van der Waals surface area (Å²) in [5.74, 6) is 0.492. The summed E-state index contributed by atoms with van der Waals surface area (Å²) in [6.45, 7) is 4.40. The smallest absolute Gasteiger partial charge is 0.247 e. The molecule has 22 heavy (non-hydrogen) atoms. The molecule has 0 radical (unpaired) electrons. The van der Waals surface area contributed by atoms with Crippen molar-refractivity contribution in [1.29, 1.82) is 0 Å². The van der Waals surface area contributed by atoms with Gasteiger partial charge in [-0.2, -0.15) is 5.10 Å². The number of ketones is 1. The summed E-state index contributed by atoms with van der Waals surface area (Å²) in [6, 6.07) is -0.230.